The van der Waals surface area contributed by atoms with E-state index in [-0.39, 0.29) is 17.1 Å². The molecule has 0 radical (unpaired) electrons. The average molecular weight is 457 g/mol. The molecule has 0 saturated heterocycles. The monoisotopic (exact) mass is 457 g/mol. The van der Waals surface area contributed by atoms with Crippen molar-refractivity contribution in [2.45, 2.75) is 12.6 Å². The Labute approximate surface area is 196 Å². The van der Waals surface area contributed by atoms with E-state index in [9.17, 15) is 9.59 Å². The molecule has 1 aliphatic heterocycles. The number of benzene rings is 3. The number of rotatable bonds is 6. The van der Waals surface area contributed by atoms with Crippen molar-refractivity contribution in [1.29, 1.82) is 0 Å². The number of carbonyl (C=O) groups excluding carboxylic acids is 1. The largest absolute Gasteiger partial charge is 0.493 e. The molecule has 0 bridgehead atoms. The van der Waals surface area contributed by atoms with Crippen LogP contribution in [0.4, 0.5) is 0 Å². The van der Waals surface area contributed by atoms with Crippen LogP contribution in [0.3, 0.4) is 0 Å². The van der Waals surface area contributed by atoms with Gasteiger partial charge in [0.05, 0.1) is 38.3 Å². The normalized spacial score (nSPS) is 14.9. The van der Waals surface area contributed by atoms with Crippen molar-refractivity contribution in [3.8, 4) is 17.2 Å². The van der Waals surface area contributed by atoms with Crippen molar-refractivity contribution in [1.82, 2.24) is 4.90 Å². The lowest BCUT2D eigenvalue weighted by Crippen LogP contribution is -2.29. The van der Waals surface area contributed by atoms with E-state index in [1.165, 1.54) is 21.3 Å². The number of hydrogen-bond donors (Lipinski definition) is 0. The van der Waals surface area contributed by atoms with Gasteiger partial charge in [0.15, 0.2) is 16.9 Å². The Morgan fingerprint density at radius 1 is 0.853 bits per heavy atom. The Kier molecular flexibility index (Phi) is 5.45. The zero-order valence-corrected chi connectivity index (χ0v) is 19.0. The number of methoxy groups -OCH3 is 3. The number of nitrogens with zero attached hydrogens (tertiary/aromatic N) is 1. The highest BCUT2D eigenvalue weighted by atomic mass is 16.5. The highest BCUT2D eigenvalue weighted by molar-refractivity contribution is 5.99. The van der Waals surface area contributed by atoms with E-state index in [2.05, 4.69) is 0 Å². The predicted molar refractivity (Wildman–Crippen MR) is 127 cm³/mol. The quantitative estimate of drug-likeness (QED) is 0.422. The Morgan fingerprint density at radius 2 is 1.50 bits per heavy atom. The number of fused-ring (bicyclic) bond motifs is 2. The van der Waals surface area contributed by atoms with Crippen LogP contribution in [0, 0.1) is 0 Å². The fourth-order valence-corrected chi connectivity index (χ4v) is 4.52. The third-order valence-electron chi connectivity index (χ3n) is 6.07. The van der Waals surface area contributed by atoms with Crippen LogP contribution in [-0.4, -0.2) is 32.1 Å². The number of amides is 1. The standard InChI is InChI=1S/C27H23NO6/c1-31-20-13-17(14-21(32-2)25(20)33-3)23-22-24(29)18-11-7-8-12-19(18)34-26(22)27(30)28(23)15-16-9-5-4-6-10-16/h4-14,23H,15H2,1-3H3. The summed E-state index contributed by atoms with van der Waals surface area (Å²) in [6.45, 7) is 0.293. The lowest BCUT2D eigenvalue weighted by molar-refractivity contribution is 0.0714. The van der Waals surface area contributed by atoms with E-state index in [1.54, 1.807) is 41.3 Å². The Balaban J connectivity index is 1.77. The molecule has 2 heterocycles. The molecule has 1 atom stereocenters. The molecule has 1 unspecified atom stereocenters. The number of ether oxygens (including phenoxy) is 3. The Bertz CT molecular complexity index is 1420. The molecule has 1 aromatic heterocycles. The lowest BCUT2D eigenvalue weighted by Gasteiger charge is -2.26. The molecule has 0 N–H and O–H groups in total. The minimum atomic E-state index is -0.697. The van der Waals surface area contributed by atoms with Gasteiger partial charge in [-0.05, 0) is 35.4 Å². The van der Waals surface area contributed by atoms with Gasteiger partial charge in [-0.25, -0.2) is 0 Å². The van der Waals surface area contributed by atoms with E-state index in [0.717, 1.165) is 5.56 Å². The first-order valence-electron chi connectivity index (χ1n) is 10.8. The van der Waals surface area contributed by atoms with Crippen LogP contribution in [0.25, 0.3) is 11.0 Å². The first-order valence-corrected chi connectivity index (χ1v) is 10.8. The van der Waals surface area contributed by atoms with Gasteiger partial charge in [-0.15, -0.1) is 0 Å². The zero-order valence-electron chi connectivity index (χ0n) is 19.0. The number of hydrogen-bond acceptors (Lipinski definition) is 6. The van der Waals surface area contributed by atoms with Gasteiger partial charge < -0.3 is 23.5 Å². The summed E-state index contributed by atoms with van der Waals surface area (Å²) >= 11 is 0. The van der Waals surface area contributed by atoms with Crippen LogP contribution in [-0.2, 0) is 6.54 Å². The highest BCUT2D eigenvalue weighted by Gasteiger charge is 2.43. The second kappa shape index (κ2) is 8.59. The second-order valence-corrected chi connectivity index (χ2v) is 7.95. The van der Waals surface area contributed by atoms with Gasteiger partial charge >= 0.3 is 0 Å². The molecule has 7 nitrogen and oxygen atoms in total. The van der Waals surface area contributed by atoms with Crippen LogP contribution in [0.1, 0.15) is 33.3 Å². The predicted octanol–water partition coefficient (Wildman–Crippen LogP) is 4.56. The second-order valence-electron chi connectivity index (χ2n) is 7.95. The molecule has 4 aromatic rings. The van der Waals surface area contributed by atoms with Crippen LogP contribution >= 0.6 is 0 Å². The molecule has 0 fully saturated rings. The summed E-state index contributed by atoms with van der Waals surface area (Å²) < 4.78 is 22.5. The van der Waals surface area contributed by atoms with Gasteiger partial charge in [-0.2, -0.15) is 0 Å². The van der Waals surface area contributed by atoms with Crippen molar-refractivity contribution in [3.63, 3.8) is 0 Å². The first kappa shape index (κ1) is 21.6. The maximum Gasteiger partial charge on any atom is 0.291 e. The average Bonchev–Trinajstić information content (AvgIpc) is 3.15. The molecule has 1 aliphatic rings. The van der Waals surface area contributed by atoms with Gasteiger partial charge in [0.1, 0.15) is 5.58 Å². The Morgan fingerprint density at radius 3 is 2.15 bits per heavy atom. The molecule has 1 amide bonds. The fourth-order valence-electron chi connectivity index (χ4n) is 4.52. The summed E-state index contributed by atoms with van der Waals surface area (Å²) in [4.78, 5) is 28.9. The van der Waals surface area contributed by atoms with Crippen LogP contribution in [0.5, 0.6) is 17.2 Å². The van der Waals surface area contributed by atoms with Crippen LogP contribution in [0.2, 0.25) is 0 Å². The minimum Gasteiger partial charge on any atom is -0.493 e. The van der Waals surface area contributed by atoms with Gasteiger partial charge in [-0.3, -0.25) is 9.59 Å². The molecular formula is C27H23NO6. The van der Waals surface area contributed by atoms with E-state index in [0.29, 0.717) is 45.9 Å². The van der Waals surface area contributed by atoms with Crippen molar-refractivity contribution in [2.75, 3.05) is 21.3 Å². The summed E-state index contributed by atoms with van der Waals surface area (Å²) in [5.74, 6) is 1.00. The molecule has 172 valence electrons. The van der Waals surface area contributed by atoms with Crippen molar-refractivity contribution >= 4 is 16.9 Å². The number of para-hydroxylation sites is 1. The summed E-state index contributed by atoms with van der Waals surface area (Å²) in [5.41, 5.74) is 2.02. The molecule has 0 spiro atoms. The van der Waals surface area contributed by atoms with E-state index in [1.807, 2.05) is 30.3 Å². The van der Waals surface area contributed by atoms with Crippen molar-refractivity contribution in [2.24, 2.45) is 0 Å². The minimum absolute atomic E-state index is 0.0541. The van der Waals surface area contributed by atoms with Crippen molar-refractivity contribution in [3.05, 3.63) is 99.4 Å². The van der Waals surface area contributed by atoms with Crippen LogP contribution in [0.15, 0.2) is 75.9 Å². The smallest absolute Gasteiger partial charge is 0.291 e. The van der Waals surface area contributed by atoms with Gasteiger partial charge in [0.2, 0.25) is 11.5 Å². The van der Waals surface area contributed by atoms with E-state index >= 15 is 0 Å². The summed E-state index contributed by atoms with van der Waals surface area (Å²) in [6.07, 6.45) is 0. The van der Waals surface area contributed by atoms with Gasteiger partial charge in [-0.1, -0.05) is 42.5 Å². The summed E-state index contributed by atoms with van der Waals surface area (Å²) in [7, 11) is 4.58. The van der Waals surface area contributed by atoms with E-state index < -0.39 is 6.04 Å². The van der Waals surface area contributed by atoms with E-state index in [4.69, 9.17) is 18.6 Å². The molecule has 0 aliphatic carbocycles. The molecule has 3 aromatic carbocycles. The molecule has 7 heteroatoms. The highest BCUT2D eigenvalue weighted by Crippen LogP contribution is 2.45. The topological polar surface area (TPSA) is 78.2 Å². The summed E-state index contributed by atoms with van der Waals surface area (Å²) in [6, 6.07) is 19.4. The SMILES string of the molecule is COc1cc(C2c3c(oc4ccccc4c3=O)C(=O)N2Cc2ccccc2)cc(OC)c1OC. The maximum atomic E-state index is 13.7. The number of carbonyl (C=O) groups is 1. The third kappa shape index (κ3) is 3.37. The van der Waals surface area contributed by atoms with Gasteiger partial charge in [0, 0.05) is 6.54 Å². The first-order chi connectivity index (χ1) is 16.6. The zero-order chi connectivity index (χ0) is 23.8. The molecule has 5 rings (SSSR count). The maximum absolute atomic E-state index is 13.7. The molecular weight excluding hydrogens is 434 g/mol. The lowest BCUT2D eigenvalue weighted by atomic mass is 9.97. The Hall–Kier alpha value is -4.26. The van der Waals surface area contributed by atoms with Crippen molar-refractivity contribution < 1.29 is 23.4 Å². The van der Waals surface area contributed by atoms with Crippen LogP contribution < -0.4 is 19.6 Å². The third-order valence-corrected chi connectivity index (χ3v) is 6.07. The molecule has 0 saturated carbocycles. The fraction of sp³-hybridized carbons (Fsp3) is 0.185. The molecule has 34 heavy (non-hydrogen) atoms. The summed E-state index contributed by atoms with van der Waals surface area (Å²) in [5, 5.41) is 0.424. The van der Waals surface area contributed by atoms with Gasteiger partial charge in [0.25, 0.3) is 5.91 Å².